The second-order valence-electron chi connectivity index (χ2n) is 6.75. The van der Waals surface area contributed by atoms with E-state index in [1.165, 1.54) is 35.8 Å². The van der Waals surface area contributed by atoms with E-state index in [9.17, 15) is 25.2 Å². The quantitative estimate of drug-likeness (QED) is 0.471. The average Bonchev–Trinajstić information content (AvgIpc) is 3.14. The van der Waals surface area contributed by atoms with Crippen molar-refractivity contribution in [2.45, 2.75) is 37.6 Å². The number of aryl methyl sites for hydroxylation is 1. The highest BCUT2D eigenvalue weighted by Gasteiger charge is 2.44. The van der Waals surface area contributed by atoms with Crippen molar-refractivity contribution in [2.24, 2.45) is 0 Å². The monoisotopic (exact) mass is 421 g/mol. The average molecular weight is 421 g/mol. The summed E-state index contributed by atoms with van der Waals surface area (Å²) in [5.74, 6) is 0.211. The first-order valence-corrected chi connectivity index (χ1v) is 9.72. The molecular weight excluding hydrogens is 402 g/mol. The third kappa shape index (κ3) is 3.66. The van der Waals surface area contributed by atoms with Crippen LogP contribution < -0.4 is 10.2 Å². The van der Waals surface area contributed by atoms with Gasteiger partial charge in [0.05, 0.1) is 17.6 Å². The highest BCUT2D eigenvalue weighted by Crippen LogP contribution is 2.28. The van der Waals surface area contributed by atoms with E-state index in [2.05, 4.69) is 4.98 Å². The summed E-state index contributed by atoms with van der Waals surface area (Å²) < 4.78 is 16.5. The van der Waals surface area contributed by atoms with Crippen molar-refractivity contribution in [1.82, 2.24) is 4.98 Å². The first-order valence-electron chi connectivity index (χ1n) is 8.84. The highest BCUT2D eigenvalue weighted by atomic mass is 32.1. The number of hydrogen-bond donors (Lipinski definition) is 4. The number of aromatic nitrogens is 1. The van der Waals surface area contributed by atoms with Crippen LogP contribution in [0.4, 0.5) is 0 Å². The van der Waals surface area contributed by atoms with Gasteiger partial charge in [0.25, 0.3) is 0 Å². The fourth-order valence-electron chi connectivity index (χ4n) is 3.11. The van der Waals surface area contributed by atoms with E-state index in [-0.39, 0.29) is 16.8 Å². The van der Waals surface area contributed by atoms with Crippen LogP contribution in [0.2, 0.25) is 0 Å². The lowest BCUT2D eigenvalue weighted by Gasteiger charge is -2.39. The Hall–Kier alpha value is -2.34. The molecule has 0 amide bonds. The van der Waals surface area contributed by atoms with Crippen molar-refractivity contribution in [3.63, 3.8) is 0 Å². The zero-order valence-electron chi connectivity index (χ0n) is 15.3. The largest absolute Gasteiger partial charge is 0.463 e. The Morgan fingerprint density at radius 3 is 2.69 bits per heavy atom. The van der Waals surface area contributed by atoms with Crippen LogP contribution >= 0.6 is 11.3 Å². The molecule has 5 atom stereocenters. The van der Waals surface area contributed by atoms with Crippen molar-refractivity contribution in [1.29, 1.82) is 0 Å². The van der Waals surface area contributed by atoms with E-state index >= 15 is 0 Å². The summed E-state index contributed by atoms with van der Waals surface area (Å²) in [7, 11) is 0. The Balaban J connectivity index is 1.62. The Morgan fingerprint density at radius 2 is 2.00 bits per heavy atom. The highest BCUT2D eigenvalue weighted by molar-refractivity contribution is 7.13. The van der Waals surface area contributed by atoms with Crippen LogP contribution in [0.25, 0.3) is 21.5 Å². The molecule has 154 valence electrons. The van der Waals surface area contributed by atoms with Crippen LogP contribution in [0, 0.1) is 6.92 Å². The molecule has 9 nitrogen and oxygen atoms in total. The summed E-state index contributed by atoms with van der Waals surface area (Å²) >= 11 is 1.35. The van der Waals surface area contributed by atoms with Crippen LogP contribution in [0.15, 0.2) is 39.1 Å². The van der Waals surface area contributed by atoms with Crippen molar-refractivity contribution in [2.75, 3.05) is 6.61 Å². The molecule has 3 heterocycles. The van der Waals surface area contributed by atoms with Gasteiger partial charge in [0.2, 0.25) is 11.7 Å². The third-order valence-electron chi connectivity index (χ3n) is 4.70. The molecule has 1 aliphatic rings. The molecule has 0 unspecified atom stereocenters. The molecule has 4 rings (SSSR count). The van der Waals surface area contributed by atoms with Gasteiger partial charge >= 0.3 is 0 Å². The molecule has 0 aliphatic carbocycles. The van der Waals surface area contributed by atoms with Crippen LogP contribution in [0.1, 0.15) is 5.69 Å². The number of thiazole rings is 1. The maximum Gasteiger partial charge on any atom is 0.229 e. The number of aliphatic hydroxyl groups excluding tert-OH is 4. The van der Waals surface area contributed by atoms with Gasteiger partial charge in [-0.1, -0.05) is 0 Å². The smallest absolute Gasteiger partial charge is 0.229 e. The molecule has 3 aromatic rings. The number of aliphatic hydroxyl groups is 4. The van der Waals surface area contributed by atoms with Gasteiger partial charge in [-0.25, -0.2) is 4.98 Å². The number of hydrogen-bond acceptors (Lipinski definition) is 10. The van der Waals surface area contributed by atoms with Gasteiger partial charge in [0.1, 0.15) is 47.0 Å². The minimum atomic E-state index is -1.55. The predicted octanol–water partition coefficient (Wildman–Crippen LogP) is 0.404. The SMILES string of the molecule is Cc1csc(-c2coc3cc(O[C@@H]4O[C@@H](CO)[C@@H](O)[C@@H](O)[C@H]4O)ccc3c2=O)n1. The van der Waals surface area contributed by atoms with Crippen molar-refractivity contribution in [3.05, 3.63) is 45.8 Å². The molecule has 10 heteroatoms. The standard InChI is InChI=1S/C19H19NO8S/c1-8-7-29-18(20-8)11-6-26-12-4-9(2-3-10(12)14(11)22)27-19-17(25)16(24)15(23)13(5-21)28-19/h2-4,6-7,13,15-17,19,21,23-25H,5H2,1H3/t13-,15+,16+,17+,19+/m0/s1. The molecule has 1 fully saturated rings. The Morgan fingerprint density at radius 1 is 1.21 bits per heavy atom. The van der Waals surface area contributed by atoms with E-state index in [1.807, 2.05) is 12.3 Å². The minimum absolute atomic E-state index is 0.211. The lowest BCUT2D eigenvalue weighted by atomic mass is 9.99. The topological polar surface area (TPSA) is 142 Å². The van der Waals surface area contributed by atoms with Crippen LogP contribution in [-0.4, -0.2) is 62.7 Å². The van der Waals surface area contributed by atoms with E-state index in [1.54, 1.807) is 0 Å². The zero-order valence-corrected chi connectivity index (χ0v) is 16.1. The van der Waals surface area contributed by atoms with Gasteiger partial charge in [0.15, 0.2) is 0 Å². The molecule has 0 spiro atoms. The summed E-state index contributed by atoms with van der Waals surface area (Å²) in [6.45, 7) is 1.28. The second kappa shape index (κ2) is 7.82. The molecule has 0 saturated carbocycles. The van der Waals surface area contributed by atoms with E-state index < -0.39 is 37.3 Å². The number of fused-ring (bicyclic) bond motifs is 1. The number of benzene rings is 1. The lowest BCUT2D eigenvalue weighted by molar-refractivity contribution is -0.277. The Labute approximate surface area is 168 Å². The second-order valence-corrected chi connectivity index (χ2v) is 7.60. The van der Waals surface area contributed by atoms with Crippen LogP contribution in [-0.2, 0) is 4.74 Å². The molecule has 1 saturated heterocycles. The Bertz CT molecular complexity index is 1080. The van der Waals surface area contributed by atoms with Crippen molar-refractivity contribution >= 4 is 22.3 Å². The van der Waals surface area contributed by atoms with Gasteiger partial charge in [-0.2, -0.15) is 0 Å². The maximum atomic E-state index is 12.8. The minimum Gasteiger partial charge on any atom is -0.463 e. The fourth-order valence-corrected chi connectivity index (χ4v) is 3.91. The first-order chi connectivity index (χ1) is 13.9. The number of nitrogens with zero attached hydrogens (tertiary/aromatic N) is 1. The van der Waals surface area contributed by atoms with Crippen LogP contribution in [0.5, 0.6) is 5.75 Å². The van der Waals surface area contributed by atoms with Gasteiger partial charge < -0.3 is 34.3 Å². The molecule has 29 heavy (non-hydrogen) atoms. The van der Waals surface area contributed by atoms with Crippen molar-refractivity contribution < 1.29 is 34.3 Å². The first kappa shape index (κ1) is 20.0. The molecule has 1 aromatic carbocycles. The summed E-state index contributed by atoms with van der Waals surface area (Å²) in [4.78, 5) is 17.1. The summed E-state index contributed by atoms with van der Waals surface area (Å²) in [5, 5.41) is 41.8. The molecule has 1 aliphatic heterocycles. The fraction of sp³-hybridized carbons (Fsp3) is 0.368. The normalized spacial score (nSPS) is 27.3. The maximum absolute atomic E-state index is 12.8. The lowest BCUT2D eigenvalue weighted by Crippen LogP contribution is -2.60. The zero-order chi connectivity index (χ0) is 20.7. The summed E-state index contributed by atoms with van der Waals surface area (Å²) in [5.41, 5.74) is 1.19. The van der Waals surface area contributed by atoms with Crippen LogP contribution in [0.3, 0.4) is 0 Å². The van der Waals surface area contributed by atoms with E-state index in [4.69, 9.17) is 13.9 Å². The van der Waals surface area contributed by atoms with Gasteiger partial charge in [-0.05, 0) is 19.1 Å². The molecule has 4 N–H and O–H groups in total. The summed E-state index contributed by atoms with van der Waals surface area (Å²) in [6.07, 6.45) is -5.63. The predicted molar refractivity (Wildman–Crippen MR) is 103 cm³/mol. The van der Waals surface area contributed by atoms with Crippen molar-refractivity contribution in [3.8, 4) is 16.3 Å². The van der Waals surface area contributed by atoms with E-state index in [0.29, 0.717) is 16.0 Å². The Kier molecular flexibility index (Phi) is 5.38. The summed E-state index contributed by atoms with van der Waals surface area (Å²) in [6, 6.07) is 4.47. The number of ether oxygens (including phenoxy) is 2. The van der Waals surface area contributed by atoms with Gasteiger partial charge in [-0.3, -0.25) is 4.79 Å². The third-order valence-corrected chi connectivity index (χ3v) is 5.69. The molecule has 2 aromatic heterocycles. The van der Waals surface area contributed by atoms with Gasteiger partial charge in [0, 0.05) is 17.1 Å². The van der Waals surface area contributed by atoms with E-state index in [0.717, 1.165) is 5.69 Å². The molecular formula is C19H19NO8S. The number of rotatable bonds is 4. The van der Waals surface area contributed by atoms with Gasteiger partial charge in [-0.15, -0.1) is 11.3 Å². The molecule has 0 radical (unpaired) electrons. The molecule has 0 bridgehead atoms.